The van der Waals surface area contributed by atoms with Crippen molar-refractivity contribution >= 4 is 15.9 Å². The van der Waals surface area contributed by atoms with Crippen molar-refractivity contribution in [3.8, 4) is 0 Å². The number of halogens is 1. The molecule has 2 atom stereocenters. The van der Waals surface area contributed by atoms with Gasteiger partial charge in [-0.1, -0.05) is 28.1 Å². The van der Waals surface area contributed by atoms with Crippen LogP contribution < -0.4 is 5.73 Å². The molecule has 106 valence electrons. The topological polar surface area (TPSA) is 38.5 Å². The maximum absolute atomic E-state index is 6.09. The van der Waals surface area contributed by atoms with E-state index in [0.717, 1.165) is 30.7 Å². The number of rotatable bonds is 4. The molecule has 0 aliphatic carbocycles. The molecule has 2 unspecified atom stereocenters. The average molecular weight is 327 g/mol. The van der Waals surface area contributed by atoms with Gasteiger partial charge in [-0.2, -0.15) is 0 Å². The molecule has 3 nitrogen and oxygen atoms in total. The molecular formula is C15H23BrN2O. The van der Waals surface area contributed by atoms with Crippen molar-refractivity contribution in [1.82, 2.24) is 4.90 Å². The van der Waals surface area contributed by atoms with Crippen LogP contribution in [0.3, 0.4) is 0 Å². The summed E-state index contributed by atoms with van der Waals surface area (Å²) in [4.78, 5) is 2.50. The van der Waals surface area contributed by atoms with Gasteiger partial charge in [-0.25, -0.2) is 0 Å². The minimum absolute atomic E-state index is 0.00295. The molecule has 0 spiro atoms. The quantitative estimate of drug-likeness (QED) is 0.923. The summed E-state index contributed by atoms with van der Waals surface area (Å²) in [5, 5.41) is 0. The molecule has 0 radical (unpaired) electrons. The van der Waals surface area contributed by atoms with E-state index in [-0.39, 0.29) is 5.54 Å². The first-order chi connectivity index (χ1) is 9.05. The van der Waals surface area contributed by atoms with Crippen LogP contribution in [0, 0.1) is 0 Å². The summed E-state index contributed by atoms with van der Waals surface area (Å²) >= 11 is 3.48. The number of nitrogens with zero attached hydrogens (tertiary/aromatic N) is 1. The third-order valence-corrected chi connectivity index (χ3v) is 4.53. The van der Waals surface area contributed by atoms with Crippen molar-refractivity contribution in [1.29, 1.82) is 0 Å². The summed E-state index contributed by atoms with van der Waals surface area (Å²) in [5.74, 6) is 0. The standard InChI is InChI=1S/C15H23BrN2O/c1-12-10-19-8-7-18(12)15(2,11-17)9-13-3-5-14(16)6-4-13/h3-6,12H,7-11,17H2,1-2H3. The minimum Gasteiger partial charge on any atom is -0.379 e. The molecule has 2 rings (SSSR count). The largest absolute Gasteiger partial charge is 0.379 e. The fraction of sp³-hybridized carbons (Fsp3) is 0.600. The van der Waals surface area contributed by atoms with Crippen LogP contribution >= 0.6 is 15.9 Å². The van der Waals surface area contributed by atoms with Crippen LogP contribution in [0.1, 0.15) is 19.4 Å². The summed E-state index contributed by atoms with van der Waals surface area (Å²) in [6, 6.07) is 8.95. The predicted molar refractivity (Wildman–Crippen MR) is 82.3 cm³/mol. The van der Waals surface area contributed by atoms with E-state index in [2.05, 4.69) is 58.9 Å². The zero-order valence-electron chi connectivity index (χ0n) is 11.7. The minimum atomic E-state index is -0.00295. The van der Waals surface area contributed by atoms with Crippen LogP contribution in [0.15, 0.2) is 28.7 Å². The summed E-state index contributed by atoms with van der Waals surface area (Å²) < 4.78 is 6.65. The molecule has 1 aliphatic rings. The lowest BCUT2D eigenvalue weighted by molar-refractivity contribution is -0.0506. The van der Waals surface area contributed by atoms with Gasteiger partial charge in [-0.3, -0.25) is 4.90 Å². The SMILES string of the molecule is CC1COCCN1C(C)(CN)Cc1ccc(Br)cc1. The van der Waals surface area contributed by atoms with Gasteiger partial charge < -0.3 is 10.5 Å². The van der Waals surface area contributed by atoms with Crippen LogP contribution in [0.4, 0.5) is 0 Å². The van der Waals surface area contributed by atoms with Crippen molar-refractivity contribution in [3.05, 3.63) is 34.3 Å². The summed E-state index contributed by atoms with van der Waals surface area (Å²) in [5.41, 5.74) is 7.41. The molecule has 0 bridgehead atoms. The fourth-order valence-electron chi connectivity index (χ4n) is 2.86. The maximum atomic E-state index is 6.09. The van der Waals surface area contributed by atoms with E-state index in [9.17, 15) is 0 Å². The van der Waals surface area contributed by atoms with Crippen LogP contribution in [0.25, 0.3) is 0 Å². The highest BCUT2D eigenvalue weighted by molar-refractivity contribution is 9.10. The maximum Gasteiger partial charge on any atom is 0.0620 e. The molecule has 1 fully saturated rings. The zero-order valence-corrected chi connectivity index (χ0v) is 13.3. The van der Waals surface area contributed by atoms with Crippen molar-refractivity contribution < 1.29 is 4.74 Å². The van der Waals surface area contributed by atoms with E-state index in [0.29, 0.717) is 12.6 Å². The van der Waals surface area contributed by atoms with Crippen LogP contribution in [0.2, 0.25) is 0 Å². The number of hydrogen-bond acceptors (Lipinski definition) is 3. The first-order valence-corrected chi connectivity index (χ1v) is 7.63. The normalized spacial score (nSPS) is 24.1. The van der Waals surface area contributed by atoms with Gasteiger partial charge in [0.05, 0.1) is 13.2 Å². The van der Waals surface area contributed by atoms with Crippen LogP contribution in [-0.2, 0) is 11.2 Å². The lowest BCUT2D eigenvalue weighted by Crippen LogP contribution is -2.60. The zero-order chi connectivity index (χ0) is 13.9. The van der Waals surface area contributed by atoms with Gasteiger partial charge in [0, 0.05) is 29.1 Å². The average Bonchev–Trinajstić information content (AvgIpc) is 2.42. The van der Waals surface area contributed by atoms with E-state index in [1.165, 1.54) is 5.56 Å². The second-order valence-electron chi connectivity index (χ2n) is 5.62. The van der Waals surface area contributed by atoms with Crippen molar-refractivity contribution in [3.63, 3.8) is 0 Å². The Morgan fingerprint density at radius 1 is 1.42 bits per heavy atom. The predicted octanol–water partition coefficient (Wildman–Crippen LogP) is 2.43. The molecule has 1 heterocycles. The van der Waals surface area contributed by atoms with E-state index in [1.807, 2.05) is 0 Å². The van der Waals surface area contributed by atoms with Crippen molar-refractivity contribution in [2.45, 2.75) is 31.8 Å². The Balaban J connectivity index is 2.14. The third kappa shape index (κ3) is 3.57. The fourth-order valence-corrected chi connectivity index (χ4v) is 3.13. The Labute approximate surface area is 124 Å². The molecule has 0 aromatic heterocycles. The van der Waals surface area contributed by atoms with Gasteiger partial charge >= 0.3 is 0 Å². The first kappa shape index (κ1) is 15.0. The Kier molecular flexibility index (Phi) is 5.01. The number of hydrogen-bond donors (Lipinski definition) is 1. The van der Waals surface area contributed by atoms with Crippen LogP contribution in [-0.4, -0.2) is 42.8 Å². The van der Waals surface area contributed by atoms with Gasteiger partial charge in [0.25, 0.3) is 0 Å². The Morgan fingerprint density at radius 2 is 2.11 bits per heavy atom. The Morgan fingerprint density at radius 3 is 2.68 bits per heavy atom. The summed E-state index contributed by atoms with van der Waals surface area (Å²) in [7, 11) is 0. The van der Waals surface area contributed by atoms with Gasteiger partial charge in [0.15, 0.2) is 0 Å². The Bertz CT molecular complexity index is 409. The second-order valence-corrected chi connectivity index (χ2v) is 6.54. The highest BCUT2D eigenvalue weighted by Crippen LogP contribution is 2.25. The third-order valence-electron chi connectivity index (χ3n) is 4.00. The molecule has 1 aromatic carbocycles. The highest BCUT2D eigenvalue weighted by Gasteiger charge is 2.35. The molecule has 0 saturated carbocycles. The van der Waals surface area contributed by atoms with Crippen molar-refractivity contribution in [2.24, 2.45) is 5.73 Å². The first-order valence-electron chi connectivity index (χ1n) is 6.84. The van der Waals surface area contributed by atoms with Gasteiger partial charge in [-0.15, -0.1) is 0 Å². The van der Waals surface area contributed by atoms with Crippen molar-refractivity contribution in [2.75, 3.05) is 26.3 Å². The molecule has 19 heavy (non-hydrogen) atoms. The molecule has 1 aromatic rings. The highest BCUT2D eigenvalue weighted by atomic mass is 79.9. The lowest BCUT2D eigenvalue weighted by Gasteiger charge is -2.46. The van der Waals surface area contributed by atoms with E-state index >= 15 is 0 Å². The number of morpholine rings is 1. The second kappa shape index (κ2) is 6.35. The lowest BCUT2D eigenvalue weighted by atomic mass is 9.89. The Hall–Kier alpha value is -0.420. The number of benzene rings is 1. The summed E-state index contributed by atoms with van der Waals surface area (Å²) in [6.45, 7) is 7.71. The van der Waals surface area contributed by atoms with Gasteiger partial charge in [-0.05, 0) is 38.0 Å². The molecule has 4 heteroatoms. The monoisotopic (exact) mass is 326 g/mol. The van der Waals surface area contributed by atoms with E-state index in [4.69, 9.17) is 10.5 Å². The molecule has 0 amide bonds. The van der Waals surface area contributed by atoms with Gasteiger partial charge in [0.1, 0.15) is 0 Å². The molecule has 2 N–H and O–H groups in total. The molecular weight excluding hydrogens is 304 g/mol. The number of ether oxygens (including phenoxy) is 1. The molecule has 1 aliphatic heterocycles. The van der Waals surface area contributed by atoms with Crippen LogP contribution in [0.5, 0.6) is 0 Å². The van der Waals surface area contributed by atoms with Gasteiger partial charge in [0.2, 0.25) is 0 Å². The number of nitrogens with two attached hydrogens (primary N) is 1. The van der Waals surface area contributed by atoms with E-state index in [1.54, 1.807) is 0 Å². The smallest absolute Gasteiger partial charge is 0.0620 e. The molecule has 1 saturated heterocycles. The summed E-state index contributed by atoms with van der Waals surface area (Å²) in [6.07, 6.45) is 0.973. The van der Waals surface area contributed by atoms with E-state index < -0.39 is 0 Å².